The number of allylic oxidation sites excluding steroid dienone is 2. The molecule has 0 unspecified atom stereocenters. The number of halogens is 4. The molecule has 0 radical (unpaired) electrons. The highest BCUT2D eigenvalue weighted by molar-refractivity contribution is 9.09. The van der Waals surface area contributed by atoms with Crippen LogP contribution in [0.25, 0.3) is 0 Å². The maximum absolute atomic E-state index is 9.53. The maximum atomic E-state index is 9.53. The van der Waals surface area contributed by atoms with Crippen molar-refractivity contribution in [3.8, 4) is 0 Å². The molecular weight excluding hydrogens is 322 g/mol. The Hall–Kier alpha value is 0.790. The minimum absolute atomic E-state index is 0.229. The minimum Gasteiger partial charge on any atom is -0.388 e. The molecule has 0 aliphatic carbocycles. The summed E-state index contributed by atoms with van der Waals surface area (Å²) in [6.45, 7) is 3.63. The van der Waals surface area contributed by atoms with Crippen LogP contribution in [0.3, 0.4) is 0 Å². The van der Waals surface area contributed by atoms with Gasteiger partial charge in [0, 0.05) is 22.3 Å². The van der Waals surface area contributed by atoms with E-state index >= 15 is 0 Å². The van der Waals surface area contributed by atoms with Gasteiger partial charge in [-0.15, -0.1) is 11.6 Å². The molecule has 0 aromatic rings. The van der Waals surface area contributed by atoms with Crippen molar-refractivity contribution in [2.75, 3.05) is 5.33 Å². The molecule has 5 heteroatoms. The second kappa shape index (κ2) is 7.97. The number of alkyl halides is 2. The first-order valence-electron chi connectivity index (χ1n) is 4.44. The average Bonchev–Trinajstić information content (AvgIpc) is 2.25. The Balaban J connectivity index is 4.53. The number of hydrogen-bond acceptors (Lipinski definition) is 1. The Labute approximate surface area is 114 Å². The van der Waals surface area contributed by atoms with E-state index < -0.39 is 6.10 Å². The molecule has 1 N–H and O–H groups in total. The van der Waals surface area contributed by atoms with Gasteiger partial charge in [-0.05, 0) is 25.0 Å². The Morgan fingerprint density at radius 3 is 2.40 bits per heavy atom. The fraction of sp³-hybridized carbons (Fsp3) is 0.600. The van der Waals surface area contributed by atoms with Crippen LogP contribution in [-0.2, 0) is 0 Å². The first-order chi connectivity index (χ1) is 6.93. The summed E-state index contributed by atoms with van der Waals surface area (Å²) in [5.41, 5.74) is 3.04. The molecule has 0 bridgehead atoms. The van der Waals surface area contributed by atoms with Crippen LogP contribution in [0.1, 0.15) is 20.3 Å². The predicted molar refractivity (Wildman–Crippen MR) is 72.2 cm³/mol. The smallest absolute Gasteiger partial charge is 0.0858 e. The minimum atomic E-state index is -0.568. The van der Waals surface area contributed by atoms with Crippen LogP contribution >= 0.6 is 50.7 Å². The Kier molecular flexibility index (Phi) is 8.39. The van der Waals surface area contributed by atoms with Crippen LogP contribution in [0.4, 0.5) is 0 Å². The van der Waals surface area contributed by atoms with Gasteiger partial charge in [-0.3, -0.25) is 0 Å². The van der Waals surface area contributed by atoms with E-state index in [1.54, 1.807) is 6.92 Å². The van der Waals surface area contributed by atoms with Crippen LogP contribution < -0.4 is 0 Å². The molecule has 0 aliphatic heterocycles. The van der Waals surface area contributed by atoms with Crippen LogP contribution in [0, 0.1) is 0 Å². The summed E-state index contributed by atoms with van der Waals surface area (Å²) in [5.74, 6) is 0. The summed E-state index contributed by atoms with van der Waals surface area (Å²) in [7, 11) is 0. The van der Waals surface area contributed by atoms with E-state index in [-0.39, 0.29) is 5.38 Å². The zero-order valence-electron chi connectivity index (χ0n) is 8.61. The SMILES string of the molecule is C/C(=C/Cl)[C@H](Cl)C/C(Cl)=C(/C)[C@H](O)CBr. The van der Waals surface area contributed by atoms with Crippen LogP contribution in [0.2, 0.25) is 0 Å². The van der Waals surface area contributed by atoms with Crippen molar-refractivity contribution in [1.82, 2.24) is 0 Å². The fourth-order valence-corrected chi connectivity index (χ4v) is 2.12. The largest absolute Gasteiger partial charge is 0.388 e. The molecule has 0 saturated carbocycles. The summed E-state index contributed by atoms with van der Waals surface area (Å²) in [4.78, 5) is 0. The third-order valence-electron chi connectivity index (χ3n) is 2.10. The molecule has 15 heavy (non-hydrogen) atoms. The molecule has 1 nitrogen and oxygen atoms in total. The standard InChI is InChI=1S/C10H14BrCl3O/c1-6(5-12)8(13)3-9(14)7(2)10(15)4-11/h5,8,10,15H,3-4H2,1-2H3/b6-5-,9-7+/t8-,10-/m1/s1. The molecule has 0 aromatic heterocycles. The van der Waals surface area contributed by atoms with Gasteiger partial charge in [0.15, 0.2) is 0 Å². The second-order valence-corrected chi connectivity index (χ2v) is 5.13. The molecule has 0 rings (SSSR count). The van der Waals surface area contributed by atoms with Gasteiger partial charge in [-0.2, -0.15) is 0 Å². The van der Waals surface area contributed by atoms with Crippen LogP contribution in [0.5, 0.6) is 0 Å². The zero-order valence-corrected chi connectivity index (χ0v) is 12.5. The third-order valence-corrected chi connectivity index (χ3v) is 4.01. The number of rotatable bonds is 5. The van der Waals surface area contributed by atoms with E-state index in [0.29, 0.717) is 16.8 Å². The summed E-state index contributed by atoms with van der Waals surface area (Å²) in [6, 6.07) is 0. The molecule has 0 saturated heterocycles. The number of aliphatic hydroxyl groups excluding tert-OH is 1. The van der Waals surface area contributed by atoms with Gasteiger partial charge in [-0.25, -0.2) is 0 Å². The normalized spacial score (nSPS) is 18.5. The molecule has 0 aliphatic rings. The van der Waals surface area contributed by atoms with Crippen molar-refractivity contribution in [3.05, 3.63) is 21.7 Å². The summed E-state index contributed by atoms with van der Waals surface area (Å²) in [6.07, 6.45) is -0.0877. The lowest BCUT2D eigenvalue weighted by Crippen LogP contribution is -2.12. The van der Waals surface area contributed by atoms with E-state index in [2.05, 4.69) is 15.9 Å². The fourth-order valence-electron chi connectivity index (χ4n) is 0.844. The van der Waals surface area contributed by atoms with Gasteiger partial charge in [-0.1, -0.05) is 39.1 Å². The summed E-state index contributed by atoms with van der Waals surface area (Å²) >= 11 is 20.8. The van der Waals surface area contributed by atoms with E-state index in [4.69, 9.17) is 34.8 Å². The molecular formula is C10H14BrCl3O. The van der Waals surface area contributed by atoms with Gasteiger partial charge in [0.05, 0.1) is 11.5 Å². The molecule has 0 heterocycles. The van der Waals surface area contributed by atoms with E-state index in [9.17, 15) is 5.11 Å². The molecule has 88 valence electrons. The van der Waals surface area contributed by atoms with Crippen molar-refractivity contribution in [2.45, 2.75) is 31.7 Å². The molecule has 0 fully saturated rings. The van der Waals surface area contributed by atoms with Gasteiger partial charge in [0.1, 0.15) is 0 Å². The van der Waals surface area contributed by atoms with Crippen molar-refractivity contribution < 1.29 is 5.11 Å². The lowest BCUT2D eigenvalue weighted by Gasteiger charge is -2.13. The van der Waals surface area contributed by atoms with Crippen LogP contribution in [0.15, 0.2) is 21.7 Å². The highest BCUT2D eigenvalue weighted by atomic mass is 79.9. The van der Waals surface area contributed by atoms with Crippen molar-refractivity contribution >= 4 is 50.7 Å². The van der Waals surface area contributed by atoms with Gasteiger partial charge < -0.3 is 5.11 Å². The van der Waals surface area contributed by atoms with E-state index in [0.717, 1.165) is 11.1 Å². The second-order valence-electron chi connectivity index (χ2n) is 3.28. The molecule has 0 aromatic carbocycles. The van der Waals surface area contributed by atoms with Gasteiger partial charge in [0.25, 0.3) is 0 Å². The lowest BCUT2D eigenvalue weighted by atomic mass is 10.1. The Morgan fingerprint density at radius 2 is 2.00 bits per heavy atom. The van der Waals surface area contributed by atoms with Crippen molar-refractivity contribution in [2.24, 2.45) is 0 Å². The van der Waals surface area contributed by atoms with Crippen LogP contribution in [-0.4, -0.2) is 21.9 Å². The lowest BCUT2D eigenvalue weighted by molar-refractivity contribution is 0.236. The quantitative estimate of drug-likeness (QED) is 0.738. The Morgan fingerprint density at radius 1 is 1.47 bits per heavy atom. The predicted octanol–water partition coefficient (Wildman–Crippen LogP) is 4.40. The van der Waals surface area contributed by atoms with Crippen molar-refractivity contribution in [3.63, 3.8) is 0 Å². The molecule has 0 spiro atoms. The highest BCUT2D eigenvalue weighted by Crippen LogP contribution is 2.25. The van der Waals surface area contributed by atoms with E-state index in [1.165, 1.54) is 5.54 Å². The topological polar surface area (TPSA) is 20.2 Å². The van der Waals surface area contributed by atoms with Gasteiger partial charge in [0.2, 0.25) is 0 Å². The first kappa shape index (κ1) is 15.8. The third kappa shape index (κ3) is 5.60. The van der Waals surface area contributed by atoms with Gasteiger partial charge >= 0.3 is 0 Å². The average molecular weight is 336 g/mol. The summed E-state index contributed by atoms with van der Waals surface area (Å²) in [5, 5.41) is 10.4. The highest BCUT2D eigenvalue weighted by Gasteiger charge is 2.14. The summed E-state index contributed by atoms with van der Waals surface area (Å²) < 4.78 is 0. The molecule has 2 atom stereocenters. The monoisotopic (exact) mass is 334 g/mol. The maximum Gasteiger partial charge on any atom is 0.0858 e. The zero-order chi connectivity index (χ0) is 12.0. The van der Waals surface area contributed by atoms with Crippen molar-refractivity contribution in [1.29, 1.82) is 0 Å². The number of hydrogen-bond donors (Lipinski definition) is 1. The van der Waals surface area contributed by atoms with E-state index in [1.807, 2.05) is 6.92 Å². The Bertz CT molecular complexity index is 263. The first-order valence-corrected chi connectivity index (χ1v) is 6.81. The number of aliphatic hydroxyl groups is 1. The molecule has 0 amide bonds.